The highest BCUT2D eigenvalue weighted by Gasteiger charge is 2.16. The Hall–Kier alpha value is -2.95. The Morgan fingerprint density at radius 2 is 1.96 bits per heavy atom. The van der Waals surface area contributed by atoms with E-state index in [4.69, 9.17) is 0 Å². The molecule has 0 saturated heterocycles. The van der Waals surface area contributed by atoms with Gasteiger partial charge < -0.3 is 5.32 Å². The minimum atomic E-state index is -0.329. The summed E-state index contributed by atoms with van der Waals surface area (Å²) in [6.45, 7) is 4.42. The number of carbonyl (C=O) groups is 1. The van der Waals surface area contributed by atoms with Gasteiger partial charge >= 0.3 is 0 Å². The number of carbonyl (C=O) groups excluding carboxylic acids is 1. The molecule has 1 aromatic heterocycles. The van der Waals surface area contributed by atoms with Crippen molar-refractivity contribution in [3.8, 4) is 11.3 Å². The van der Waals surface area contributed by atoms with Crippen LogP contribution >= 0.6 is 0 Å². The van der Waals surface area contributed by atoms with Gasteiger partial charge in [0.2, 0.25) is 0 Å². The molecule has 0 aliphatic rings. The van der Waals surface area contributed by atoms with E-state index < -0.39 is 0 Å². The largest absolute Gasteiger partial charge is 0.321 e. The maximum atomic E-state index is 13.4. The topological polar surface area (TPSA) is 46.9 Å². The number of amides is 1. The summed E-state index contributed by atoms with van der Waals surface area (Å²) in [5.74, 6) is -0.568. The number of hydrogen-bond acceptors (Lipinski definition) is 2. The SMILES string of the molecule is CCn1nc(-c2cccc(F)c2)cc1C(=O)Nc1cccc(C)c1. The first kappa shape index (κ1) is 15.9. The second-order valence-corrected chi connectivity index (χ2v) is 5.56. The summed E-state index contributed by atoms with van der Waals surface area (Å²) in [6.07, 6.45) is 0. The number of halogens is 1. The Labute approximate surface area is 139 Å². The van der Waals surface area contributed by atoms with E-state index in [0.29, 0.717) is 23.5 Å². The first-order valence-electron chi connectivity index (χ1n) is 7.78. The van der Waals surface area contributed by atoms with E-state index in [2.05, 4.69) is 10.4 Å². The van der Waals surface area contributed by atoms with Crippen LogP contribution < -0.4 is 5.32 Å². The normalized spacial score (nSPS) is 10.6. The zero-order chi connectivity index (χ0) is 17.1. The average molecular weight is 323 g/mol. The van der Waals surface area contributed by atoms with E-state index >= 15 is 0 Å². The van der Waals surface area contributed by atoms with Crippen LogP contribution in [0.4, 0.5) is 10.1 Å². The summed E-state index contributed by atoms with van der Waals surface area (Å²) in [5.41, 5.74) is 3.46. The van der Waals surface area contributed by atoms with E-state index in [0.717, 1.165) is 11.3 Å². The van der Waals surface area contributed by atoms with E-state index in [9.17, 15) is 9.18 Å². The van der Waals surface area contributed by atoms with Gasteiger partial charge in [-0.3, -0.25) is 9.48 Å². The fourth-order valence-corrected chi connectivity index (χ4v) is 2.55. The average Bonchev–Trinajstić information content (AvgIpc) is 2.99. The van der Waals surface area contributed by atoms with Crippen molar-refractivity contribution in [3.05, 3.63) is 71.7 Å². The van der Waals surface area contributed by atoms with Crippen LogP contribution in [0.15, 0.2) is 54.6 Å². The maximum Gasteiger partial charge on any atom is 0.273 e. The van der Waals surface area contributed by atoms with Crippen molar-refractivity contribution >= 4 is 11.6 Å². The van der Waals surface area contributed by atoms with Gasteiger partial charge in [-0.1, -0.05) is 24.3 Å². The molecule has 24 heavy (non-hydrogen) atoms. The number of nitrogens with zero attached hydrogens (tertiary/aromatic N) is 2. The molecule has 0 radical (unpaired) electrons. The van der Waals surface area contributed by atoms with Crippen molar-refractivity contribution in [2.45, 2.75) is 20.4 Å². The Balaban J connectivity index is 1.91. The molecule has 0 atom stereocenters. The number of nitrogens with one attached hydrogen (secondary N) is 1. The van der Waals surface area contributed by atoms with Gasteiger partial charge in [0.25, 0.3) is 5.91 Å². The predicted molar refractivity (Wildman–Crippen MR) is 92.4 cm³/mol. The molecule has 0 aliphatic heterocycles. The second-order valence-electron chi connectivity index (χ2n) is 5.56. The third kappa shape index (κ3) is 3.35. The van der Waals surface area contributed by atoms with Crippen molar-refractivity contribution in [2.75, 3.05) is 5.32 Å². The molecular formula is C19H18FN3O. The molecule has 0 spiro atoms. The Morgan fingerprint density at radius 3 is 2.67 bits per heavy atom. The number of hydrogen-bond donors (Lipinski definition) is 1. The lowest BCUT2D eigenvalue weighted by Gasteiger charge is -2.07. The van der Waals surface area contributed by atoms with Gasteiger partial charge in [0, 0.05) is 17.8 Å². The van der Waals surface area contributed by atoms with Crippen molar-refractivity contribution in [1.29, 1.82) is 0 Å². The molecule has 3 aromatic rings. The lowest BCUT2D eigenvalue weighted by molar-refractivity contribution is 0.101. The molecule has 0 fully saturated rings. The zero-order valence-electron chi connectivity index (χ0n) is 13.6. The molecule has 1 N–H and O–H groups in total. The van der Waals surface area contributed by atoms with E-state index in [1.54, 1.807) is 22.9 Å². The van der Waals surface area contributed by atoms with Crippen molar-refractivity contribution in [1.82, 2.24) is 9.78 Å². The molecule has 5 heteroatoms. The summed E-state index contributed by atoms with van der Waals surface area (Å²) in [4.78, 5) is 12.6. The Kier molecular flexibility index (Phi) is 4.42. The molecule has 0 saturated carbocycles. The number of rotatable bonds is 4. The summed E-state index contributed by atoms with van der Waals surface area (Å²) in [7, 11) is 0. The number of aryl methyl sites for hydroxylation is 2. The van der Waals surface area contributed by atoms with Crippen molar-refractivity contribution in [3.63, 3.8) is 0 Å². The zero-order valence-corrected chi connectivity index (χ0v) is 13.6. The van der Waals surface area contributed by atoms with Crippen LogP contribution in [-0.2, 0) is 6.54 Å². The quantitative estimate of drug-likeness (QED) is 0.779. The van der Waals surface area contributed by atoms with Gasteiger partial charge in [0.1, 0.15) is 11.5 Å². The minimum absolute atomic E-state index is 0.238. The van der Waals surface area contributed by atoms with Gasteiger partial charge in [0.05, 0.1) is 5.69 Å². The molecule has 0 aliphatic carbocycles. The standard InChI is InChI=1S/C19H18FN3O/c1-3-23-18(19(24)21-16-9-4-6-13(2)10-16)12-17(22-23)14-7-5-8-15(20)11-14/h4-12H,3H2,1-2H3,(H,21,24). The van der Waals surface area contributed by atoms with Crippen LogP contribution in [-0.4, -0.2) is 15.7 Å². The molecular weight excluding hydrogens is 305 g/mol. The Bertz CT molecular complexity index is 886. The Morgan fingerprint density at radius 1 is 1.17 bits per heavy atom. The van der Waals surface area contributed by atoms with Crippen LogP contribution in [0.2, 0.25) is 0 Å². The van der Waals surface area contributed by atoms with E-state index in [1.807, 2.05) is 38.1 Å². The summed E-state index contributed by atoms with van der Waals surface area (Å²) < 4.78 is 15.0. The van der Waals surface area contributed by atoms with Crippen LogP contribution in [0.5, 0.6) is 0 Å². The fraction of sp³-hybridized carbons (Fsp3) is 0.158. The first-order chi connectivity index (χ1) is 11.6. The highest BCUT2D eigenvalue weighted by atomic mass is 19.1. The van der Waals surface area contributed by atoms with Gasteiger partial charge in [-0.2, -0.15) is 5.10 Å². The molecule has 2 aromatic carbocycles. The van der Waals surface area contributed by atoms with Crippen LogP contribution in [0, 0.1) is 12.7 Å². The first-order valence-corrected chi connectivity index (χ1v) is 7.78. The van der Waals surface area contributed by atoms with Gasteiger partial charge in [0.15, 0.2) is 0 Å². The van der Waals surface area contributed by atoms with Gasteiger partial charge in [-0.05, 0) is 49.7 Å². The molecule has 1 amide bonds. The third-order valence-corrected chi connectivity index (χ3v) is 3.71. The van der Waals surface area contributed by atoms with Crippen molar-refractivity contribution < 1.29 is 9.18 Å². The third-order valence-electron chi connectivity index (χ3n) is 3.71. The van der Waals surface area contributed by atoms with Crippen LogP contribution in [0.3, 0.4) is 0 Å². The monoisotopic (exact) mass is 323 g/mol. The van der Waals surface area contributed by atoms with Crippen LogP contribution in [0.25, 0.3) is 11.3 Å². The molecule has 0 unspecified atom stereocenters. The molecule has 122 valence electrons. The lowest BCUT2D eigenvalue weighted by Crippen LogP contribution is -2.17. The molecule has 3 rings (SSSR count). The number of anilines is 1. The smallest absolute Gasteiger partial charge is 0.273 e. The van der Waals surface area contributed by atoms with Gasteiger partial charge in [-0.25, -0.2) is 4.39 Å². The second kappa shape index (κ2) is 6.66. The lowest BCUT2D eigenvalue weighted by atomic mass is 10.1. The summed E-state index contributed by atoms with van der Waals surface area (Å²) >= 11 is 0. The summed E-state index contributed by atoms with van der Waals surface area (Å²) in [6, 6.07) is 15.5. The van der Waals surface area contributed by atoms with E-state index in [-0.39, 0.29) is 11.7 Å². The fourth-order valence-electron chi connectivity index (χ4n) is 2.55. The molecule has 4 nitrogen and oxygen atoms in total. The highest BCUT2D eigenvalue weighted by molar-refractivity contribution is 6.03. The van der Waals surface area contributed by atoms with Gasteiger partial charge in [-0.15, -0.1) is 0 Å². The predicted octanol–water partition coefficient (Wildman–Crippen LogP) is 4.27. The van der Waals surface area contributed by atoms with Crippen molar-refractivity contribution in [2.24, 2.45) is 0 Å². The van der Waals surface area contributed by atoms with Crippen LogP contribution in [0.1, 0.15) is 23.0 Å². The molecule has 1 heterocycles. The maximum absolute atomic E-state index is 13.4. The highest BCUT2D eigenvalue weighted by Crippen LogP contribution is 2.21. The minimum Gasteiger partial charge on any atom is -0.321 e. The number of benzene rings is 2. The van der Waals surface area contributed by atoms with E-state index in [1.165, 1.54) is 12.1 Å². The number of aromatic nitrogens is 2. The summed E-state index contributed by atoms with van der Waals surface area (Å²) in [5, 5.41) is 7.29. The molecule has 0 bridgehead atoms.